The summed E-state index contributed by atoms with van der Waals surface area (Å²) in [5.41, 5.74) is -1.42. The molecule has 1 aromatic rings. The third kappa shape index (κ3) is 2.21. The van der Waals surface area contributed by atoms with E-state index in [0.717, 1.165) is 6.07 Å². The summed E-state index contributed by atoms with van der Waals surface area (Å²) in [5.74, 6) is -0.892. The summed E-state index contributed by atoms with van der Waals surface area (Å²) in [6.45, 7) is 0. The third-order valence-electron chi connectivity index (χ3n) is 1.66. The number of aromatic hydroxyl groups is 1. The number of nitriles is 1. The second-order valence-electron chi connectivity index (χ2n) is 2.65. The van der Waals surface area contributed by atoms with Gasteiger partial charge < -0.3 is 5.11 Å². The highest BCUT2D eigenvalue weighted by molar-refractivity contribution is 8.13. The Hall–Kier alpha value is -1.85. The van der Waals surface area contributed by atoms with Crippen molar-refractivity contribution < 1.29 is 18.4 Å². The van der Waals surface area contributed by atoms with Crippen molar-refractivity contribution >= 4 is 25.4 Å². The number of phenolic OH excluding ortho intramolecular Hbond substituents is 1. The van der Waals surface area contributed by atoms with E-state index in [4.69, 9.17) is 15.9 Å². The average Bonchev–Trinajstić information content (AvgIpc) is 2.15. The number of phenols is 1. The van der Waals surface area contributed by atoms with Crippen LogP contribution in [0.5, 0.6) is 5.75 Å². The number of nitrogens with zero attached hydrogens (tertiary/aromatic N) is 2. The zero-order valence-corrected chi connectivity index (χ0v) is 8.99. The van der Waals surface area contributed by atoms with E-state index in [9.17, 15) is 23.6 Å². The van der Waals surface area contributed by atoms with Crippen molar-refractivity contribution in [3.05, 3.63) is 27.8 Å². The molecule has 0 aliphatic carbocycles. The molecule has 0 unspecified atom stereocenters. The van der Waals surface area contributed by atoms with Gasteiger partial charge in [-0.2, -0.15) is 5.26 Å². The molecule has 1 aromatic carbocycles. The van der Waals surface area contributed by atoms with Crippen LogP contribution in [0.3, 0.4) is 0 Å². The number of hydrogen-bond donors (Lipinski definition) is 1. The molecule has 7 nitrogen and oxygen atoms in total. The molecule has 0 bridgehead atoms. The molecule has 0 fully saturated rings. The minimum absolute atomic E-state index is 0.534. The molecule has 9 heteroatoms. The summed E-state index contributed by atoms with van der Waals surface area (Å²) in [5, 5.41) is 28.3. The zero-order chi connectivity index (χ0) is 12.5. The fourth-order valence-electron chi connectivity index (χ4n) is 0.959. The third-order valence-corrected chi connectivity index (χ3v) is 3.00. The lowest BCUT2D eigenvalue weighted by molar-refractivity contribution is -0.386. The van der Waals surface area contributed by atoms with E-state index in [1.165, 1.54) is 6.07 Å². The van der Waals surface area contributed by atoms with Gasteiger partial charge in [0.15, 0.2) is 0 Å². The quantitative estimate of drug-likeness (QED) is 0.484. The monoisotopic (exact) mass is 262 g/mol. The summed E-state index contributed by atoms with van der Waals surface area (Å²) in [6.07, 6.45) is 0. The van der Waals surface area contributed by atoms with Crippen LogP contribution in [-0.4, -0.2) is 18.4 Å². The van der Waals surface area contributed by atoms with E-state index in [1.54, 1.807) is 0 Å². The van der Waals surface area contributed by atoms with Gasteiger partial charge >= 0.3 is 5.69 Å². The molecule has 0 saturated carbocycles. The fourth-order valence-corrected chi connectivity index (χ4v) is 1.74. The Labute approximate surface area is 94.1 Å². The van der Waals surface area contributed by atoms with E-state index in [0.29, 0.717) is 6.07 Å². The standard InChI is InChI=1S/C7H3ClN2O5S/c8-16(14,15)5-1-4(3-9)7(11)6(2-5)10(12)13/h1-2,11H. The van der Waals surface area contributed by atoms with Crippen molar-refractivity contribution in [2.24, 2.45) is 0 Å². The maximum absolute atomic E-state index is 10.9. The van der Waals surface area contributed by atoms with Crippen LogP contribution in [0.2, 0.25) is 0 Å². The average molecular weight is 263 g/mol. The molecule has 0 amide bonds. The van der Waals surface area contributed by atoms with Crippen LogP contribution in [0, 0.1) is 21.4 Å². The van der Waals surface area contributed by atoms with Crippen LogP contribution in [-0.2, 0) is 9.05 Å². The lowest BCUT2D eigenvalue weighted by Gasteiger charge is -2.01. The summed E-state index contributed by atoms with van der Waals surface area (Å²) < 4.78 is 21.9. The van der Waals surface area contributed by atoms with Crippen LogP contribution in [0.4, 0.5) is 5.69 Å². The highest BCUT2D eigenvalue weighted by atomic mass is 35.7. The molecule has 0 heterocycles. The van der Waals surface area contributed by atoms with Crippen LogP contribution in [0.25, 0.3) is 0 Å². The number of benzene rings is 1. The Morgan fingerprint density at radius 1 is 1.50 bits per heavy atom. The van der Waals surface area contributed by atoms with Crippen LogP contribution >= 0.6 is 10.7 Å². The molecule has 1 rings (SSSR count). The highest BCUT2D eigenvalue weighted by Gasteiger charge is 2.23. The molecule has 84 valence electrons. The number of nitro groups is 1. The summed E-state index contributed by atoms with van der Waals surface area (Å²) in [6, 6.07) is 2.76. The van der Waals surface area contributed by atoms with Crippen LogP contribution in [0.1, 0.15) is 5.56 Å². The van der Waals surface area contributed by atoms with Gasteiger partial charge in [0.2, 0.25) is 5.75 Å². The SMILES string of the molecule is N#Cc1cc(S(=O)(=O)Cl)cc([N+](=O)[O-])c1O. The molecule has 0 aliphatic rings. The maximum atomic E-state index is 10.9. The first-order valence-corrected chi connectivity index (χ1v) is 5.94. The summed E-state index contributed by atoms with van der Waals surface area (Å²) >= 11 is 0. The van der Waals surface area contributed by atoms with Gasteiger partial charge in [0.05, 0.1) is 9.82 Å². The van der Waals surface area contributed by atoms with E-state index in [-0.39, 0.29) is 0 Å². The molecule has 0 atom stereocenters. The molecule has 0 spiro atoms. The van der Waals surface area contributed by atoms with E-state index in [2.05, 4.69) is 0 Å². The van der Waals surface area contributed by atoms with Gasteiger partial charge in [0, 0.05) is 16.7 Å². The predicted molar refractivity (Wildman–Crippen MR) is 52.5 cm³/mol. The lowest BCUT2D eigenvalue weighted by atomic mass is 10.2. The van der Waals surface area contributed by atoms with Crippen molar-refractivity contribution in [3.8, 4) is 11.8 Å². The molecule has 1 N–H and O–H groups in total. The smallest absolute Gasteiger partial charge is 0.313 e. The van der Waals surface area contributed by atoms with Crippen molar-refractivity contribution in [1.82, 2.24) is 0 Å². The van der Waals surface area contributed by atoms with Crippen molar-refractivity contribution in [3.63, 3.8) is 0 Å². The Morgan fingerprint density at radius 2 is 2.06 bits per heavy atom. The van der Waals surface area contributed by atoms with Crippen molar-refractivity contribution in [1.29, 1.82) is 5.26 Å². The first-order valence-electron chi connectivity index (χ1n) is 3.63. The van der Waals surface area contributed by atoms with Gasteiger partial charge in [-0.3, -0.25) is 10.1 Å². The molecular formula is C7H3ClN2O5S. The summed E-state index contributed by atoms with van der Waals surface area (Å²) in [4.78, 5) is 8.84. The predicted octanol–water partition coefficient (Wildman–Crippen LogP) is 1.10. The van der Waals surface area contributed by atoms with Crippen molar-refractivity contribution in [2.75, 3.05) is 0 Å². The van der Waals surface area contributed by atoms with Crippen LogP contribution < -0.4 is 0 Å². The molecule has 0 aromatic heterocycles. The van der Waals surface area contributed by atoms with Gasteiger partial charge in [-0.05, 0) is 6.07 Å². The van der Waals surface area contributed by atoms with E-state index >= 15 is 0 Å². The van der Waals surface area contributed by atoms with Gasteiger partial charge in [-0.25, -0.2) is 8.42 Å². The second-order valence-corrected chi connectivity index (χ2v) is 5.21. The van der Waals surface area contributed by atoms with E-state index < -0.39 is 35.9 Å². The molecule has 0 radical (unpaired) electrons. The first kappa shape index (κ1) is 12.2. The fraction of sp³-hybridized carbons (Fsp3) is 0. The first-order chi connectivity index (χ1) is 7.27. The molecule has 16 heavy (non-hydrogen) atoms. The molecular weight excluding hydrogens is 260 g/mol. The van der Waals surface area contributed by atoms with Crippen molar-refractivity contribution in [2.45, 2.75) is 4.90 Å². The maximum Gasteiger partial charge on any atom is 0.313 e. The number of rotatable bonds is 2. The lowest BCUT2D eigenvalue weighted by Crippen LogP contribution is -1.97. The summed E-state index contributed by atoms with van der Waals surface area (Å²) in [7, 11) is 0.772. The topological polar surface area (TPSA) is 121 Å². The van der Waals surface area contributed by atoms with Gasteiger partial charge in [-0.1, -0.05) is 0 Å². The normalized spacial score (nSPS) is 10.8. The molecule has 0 saturated heterocycles. The molecule has 0 aliphatic heterocycles. The van der Waals surface area contributed by atoms with Crippen LogP contribution in [0.15, 0.2) is 17.0 Å². The Balaban J connectivity index is 3.68. The van der Waals surface area contributed by atoms with E-state index in [1.807, 2.05) is 0 Å². The minimum Gasteiger partial charge on any atom is -0.501 e. The second kappa shape index (κ2) is 3.96. The van der Waals surface area contributed by atoms with Gasteiger partial charge in [0.1, 0.15) is 11.6 Å². The Bertz CT molecular complexity index is 604. The van der Waals surface area contributed by atoms with Gasteiger partial charge in [-0.15, -0.1) is 0 Å². The Morgan fingerprint density at radius 3 is 2.44 bits per heavy atom. The number of hydrogen-bond acceptors (Lipinski definition) is 6. The highest BCUT2D eigenvalue weighted by Crippen LogP contribution is 2.33. The van der Waals surface area contributed by atoms with Gasteiger partial charge in [0.25, 0.3) is 9.05 Å². The number of nitro benzene ring substituents is 1. The minimum atomic E-state index is -4.20. The Kier molecular flexibility index (Phi) is 3.02. The zero-order valence-electron chi connectivity index (χ0n) is 7.42. The number of halogens is 1. The largest absolute Gasteiger partial charge is 0.501 e.